The summed E-state index contributed by atoms with van der Waals surface area (Å²) in [6.07, 6.45) is 3.02. The highest BCUT2D eigenvalue weighted by Gasteiger charge is 2.60. The van der Waals surface area contributed by atoms with Gasteiger partial charge in [-0.05, 0) is 76.9 Å². The smallest absolute Gasteiger partial charge is 0.310 e. The molecule has 0 N–H and O–H groups in total. The van der Waals surface area contributed by atoms with E-state index in [-0.39, 0.29) is 37.0 Å². The minimum absolute atomic E-state index is 0.192. The first-order chi connectivity index (χ1) is 18.1. The molecule has 4 atom stereocenters. The number of fused-ring (bicyclic) bond motifs is 15. The van der Waals surface area contributed by atoms with Crippen LogP contribution >= 0.6 is 0 Å². The standard InChI is InChI=1S/C33H32O4/c1-3-36-32(34)30-28-26-18-16-20(22-12-5-7-14-24(22)26)10-9-11-21-17-19-27(25-15-8-6-13-23(21)25)29(28)31(30)33(35)37-4-2/h5-8,12-19,28-31H,3-4,9-11H2,1-2H3. The van der Waals surface area contributed by atoms with Crippen molar-refractivity contribution in [2.24, 2.45) is 11.8 Å². The summed E-state index contributed by atoms with van der Waals surface area (Å²) in [4.78, 5) is 26.9. The number of esters is 2. The number of aryl methyl sites for hydroxylation is 2. The first kappa shape index (κ1) is 23.7. The highest BCUT2D eigenvalue weighted by molar-refractivity contribution is 5.95. The van der Waals surface area contributed by atoms with Crippen LogP contribution in [0.3, 0.4) is 0 Å². The van der Waals surface area contributed by atoms with Crippen LogP contribution in [-0.4, -0.2) is 25.2 Å². The van der Waals surface area contributed by atoms with Crippen molar-refractivity contribution in [3.63, 3.8) is 0 Å². The fraction of sp³-hybridized carbons (Fsp3) is 0.333. The van der Waals surface area contributed by atoms with E-state index < -0.39 is 11.8 Å². The van der Waals surface area contributed by atoms with Gasteiger partial charge in [0.25, 0.3) is 0 Å². The number of carbonyl (C=O) groups is 2. The molecule has 0 spiro atoms. The zero-order valence-electron chi connectivity index (χ0n) is 21.4. The molecule has 37 heavy (non-hydrogen) atoms. The Labute approximate surface area is 217 Å². The lowest BCUT2D eigenvalue weighted by molar-refractivity contribution is -0.171. The topological polar surface area (TPSA) is 52.6 Å². The minimum Gasteiger partial charge on any atom is -0.466 e. The molecule has 188 valence electrons. The van der Waals surface area contributed by atoms with Gasteiger partial charge in [-0.15, -0.1) is 0 Å². The molecule has 2 aliphatic carbocycles. The van der Waals surface area contributed by atoms with Crippen LogP contribution in [0.2, 0.25) is 0 Å². The van der Waals surface area contributed by atoms with Crippen molar-refractivity contribution in [2.45, 2.75) is 44.9 Å². The number of hydrogen-bond acceptors (Lipinski definition) is 4. The Hall–Kier alpha value is -3.66. The Bertz CT molecular complexity index is 1390. The van der Waals surface area contributed by atoms with Crippen LogP contribution in [0.15, 0.2) is 72.8 Å². The number of hydrogen-bond donors (Lipinski definition) is 0. The summed E-state index contributed by atoms with van der Waals surface area (Å²) < 4.78 is 11.1. The van der Waals surface area contributed by atoms with Crippen molar-refractivity contribution >= 4 is 33.5 Å². The van der Waals surface area contributed by atoms with Crippen LogP contribution in [0.1, 0.15) is 54.4 Å². The van der Waals surface area contributed by atoms with Crippen molar-refractivity contribution in [1.29, 1.82) is 0 Å². The summed E-state index contributed by atoms with van der Waals surface area (Å²) >= 11 is 0. The number of rotatable bonds is 4. The maximum atomic E-state index is 13.5. The maximum Gasteiger partial charge on any atom is 0.310 e. The molecule has 0 aliphatic heterocycles. The van der Waals surface area contributed by atoms with Gasteiger partial charge in [0.1, 0.15) is 0 Å². The molecule has 4 unspecified atom stereocenters. The van der Waals surface area contributed by atoms with E-state index in [0.29, 0.717) is 0 Å². The lowest BCUT2D eigenvalue weighted by atomic mass is 9.51. The summed E-state index contributed by atoms with van der Waals surface area (Å²) in [5.41, 5.74) is 4.86. The molecule has 4 bridgehead atoms. The maximum absolute atomic E-state index is 13.5. The van der Waals surface area contributed by atoms with Crippen molar-refractivity contribution in [3.05, 3.63) is 95.1 Å². The second-order valence-corrected chi connectivity index (χ2v) is 10.2. The molecular weight excluding hydrogens is 460 g/mol. The van der Waals surface area contributed by atoms with Gasteiger partial charge in [0.2, 0.25) is 0 Å². The summed E-state index contributed by atoms with van der Waals surface area (Å²) in [5.74, 6) is -2.21. The summed E-state index contributed by atoms with van der Waals surface area (Å²) in [7, 11) is 0. The van der Waals surface area contributed by atoms with Crippen LogP contribution in [0.4, 0.5) is 0 Å². The van der Waals surface area contributed by atoms with E-state index in [1.54, 1.807) is 0 Å². The predicted octanol–water partition coefficient (Wildman–Crippen LogP) is 6.72. The Kier molecular flexibility index (Phi) is 6.19. The number of ether oxygens (including phenoxy) is 2. The van der Waals surface area contributed by atoms with Crippen LogP contribution in [-0.2, 0) is 31.9 Å². The molecule has 4 heteroatoms. The van der Waals surface area contributed by atoms with Crippen molar-refractivity contribution < 1.29 is 19.1 Å². The molecule has 0 radical (unpaired) electrons. The van der Waals surface area contributed by atoms with Gasteiger partial charge in [-0.3, -0.25) is 9.59 Å². The average Bonchev–Trinajstić information content (AvgIpc) is 2.92. The summed E-state index contributed by atoms with van der Waals surface area (Å²) in [6.45, 7) is 4.18. The molecule has 6 rings (SSSR count). The molecule has 0 aromatic heterocycles. The van der Waals surface area contributed by atoms with E-state index in [9.17, 15) is 9.59 Å². The minimum atomic E-state index is -0.596. The fourth-order valence-corrected chi connectivity index (χ4v) is 6.84. The second kappa shape index (κ2) is 9.66. The van der Waals surface area contributed by atoms with E-state index >= 15 is 0 Å². The van der Waals surface area contributed by atoms with Gasteiger partial charge in [0.15, 0.2) is 0 Å². The Morgan fingerprint density at radius 3 is 1.43 bits per heavy atom. The van der Waals surface area contributed by atoms with E-state index in [1.165, 1.54) is 21.9 Å². The quantitative estimate of drug-likeness (QED) is 0.297. The summed E-state index contributed by atoms with van der Waals surface area (Å²) in [6, 6.07) is 25.8. The van der Waals surface area contributed by atoms with Crippen LogP contribution in [0.25, 0.3) is 21.5 Å². The van der Waals surface area contributed by atoms with Gasteiger partial charge in [-0.2, -0.15) is 0 Å². The van der Waals surface area contributed by atoms with E-state index in [4.69, 9.17) is 9.47 Å². The number of carbonyl (C=O) groups excluding carboxylic acids is 2. The van der Waals surface area contributed by atoms with Crippen molar-refractivity contribution in [3.8, 4) is 0 Å². The second-order valence-electron chi connectivity index (χ2n) is 10.2. The molecule has 2 aliphatic rings. The first-order valence-corrected chi connectivity index (χ1v) is 13.5. The third kappa shape index (κ3) is 3.81. The van der Waals surface area contributed by atoms with Gasteiger partial charge in [0.05, 0.1) is 25.0 Å². The van der Waals surface area contributed by atoms with Crippen molar-refractivity contribution in [1.82, 2.24) is 0 Å². The lowest BCUT2D eigenvalue weighted by Gasteiger charge is -2.50. The lowest BCUT2D eigenvalue weighted by Crippen LogP contribution is -2.52. The average molecular weight is 493 g/mol. The SMILES string of the molecule is CCOC(=O)C1C(C(=O)OCC)C2c3ccc(c4ccccc34)CCCc3ccc(c4ccccc34)C12. The Morgan fingerprint density at radius 1 is 0.622 bits per heavy atom. The van der Waals surface area contributed by atoms with Crippen LogP contribution in [0.5, 0.6) is 0 Å². The van der Waals surface area contributed by atoms with E-state index in [1.807, 2.05) is 13.8 Å². The molecule has 0 saturated heterocycles. The largest absolute Gasteiger partial charge is 0.466 e. The third-order valence-corrected chi connectivity index (χ3v) is 8.37. The van der Waals surface area contributed by atoms with E-state index in [0.717, 1.165) is 41.2 Å². The van der Waals surface area contributed by atoms with Crippen LogP contribution in [0, 0.1) is 11.8 Å². The van der Waals surface area contributed by atoms with Gasteiger partial charge in [-0.1, -0.05) is 72.8 Å². The van der Waals surface area contributed by atoms with Crippen LogP contribution < -0.4 is 0 Å². The Balaban J connectivity index is 1.65. The molecule has 0 amide bonds. The molecule has 4 aromatic carbocycles. The van der Waals surface area contributed by atoms with Gasteiger partial charge in [-0.25, -0.2) is 0 Å². The van der Waals surface area contributed by atoms with Gasteiger partial charge in [0, 0.05) is 11.8 Å². The normalized spacial score (nSPS) is 22.4. The molecular formula is C33H32O4. The zero-order chi connectivity index (χ0) is 25.5. The Morgan fingerprint density at radius 2 is 1.03 bits per heavy atom. The zero-order valence-corrected chi connectivity index (χ0v) is 21.4. The number of benzene rings is 4. The van der Waals surface area contributed by atoms with Crippen molar-refractivity contribution in [2.75, 3.05) is 13.2 Å². The molecule has 0 heterocycles. The highest BCUT2D eigenvalue weighted by Crippen LogP contribution is 2.60. The van der Waals surface area contributed by atoms with E-state index in [2.05, 4.69) is 72.8 Å². The molecule has 1 saturated carbocycles. The molecule has 4 aromatic rings. The predicted molar refractivity (Wildman–Crippen MR) is 146 cm³/mol. The fourth-order valence-electron chi connectivity index (χ4n) is 6.84. The van der Waals surface area contributed by atoms with Gasteiger partial charge < -0.3 is 9.47 Å². The monoisotopic (exact) mass is 492 g/mol. The molecule has 4 nitrogen and oxygen atoms in total. The highest BCUT2D eigenvalue weighted by atomic mass is 16.5. The first-order valence-electron chi connectivity index (χ1n) is 13.5. The summed E-state index contributed by atoms with van der Waals surface area (Å²) in [5, 5.41) is 4.78. The third-order valence-electron chi connectivity index (χ3n) is 8.37. The van der Waals surface area contributed by atoms with Gasteiger partial charge >= 0.3 is 11.9 Å². The molecule has 1 fully saturated rings.